The molecule has 2 aromatic carbocycles. The highest BCUT2D eigenvalue weighted by molar-refractivity contribution is 9.10. The number of fused-ring (bicyclic) bond motifs is 1. The fourth-order valence-electron chi connectivity index (χ4n) is 2.10. The van der Waals surface area contributed by atoms with Crippen LogP contribution in [-0.4, -0.2) is 15.8 Å². The van der Waals surface area contributed by atoms with Crippen molar-refractivity contribution in [3.63, 3.8) is 0 Å². The van der Waals surface area contributed by atoms with Gasteiger partial charge in [-0.1, -0.05) is 28.1 Å². The first-order chi connectivity index (χ1) is 9.61. The van der Waals surface area contributed by atoms with Gasteiger partial charge in [-0.15, -0.1) is 0 Å². The molecule has 0 fully saturated rings. The Bertz CT molecular complexity index is 831. The first kappa shape index (κ1) is 12.9. The van der Waals surface area contributed by atoms with Gasteiger partial charge in [-0.25, -0.2) is 4.79 Å². The average molecular weight is 331 g/mol. The van der Waals surface area contributed by atoms with Crippen molar-refractivity contribution in [2.24, 2.45) is 0 Å². The van der Waals surface area contributed by atoms with E-state index in [0.717, 1.165) is 10.0 Å². The molecule has 100 valence electrons. The molecule has 0 amide bonds. The Morgan fingerprint density at radius 3 is 2.45 bits per heavy atom. The molecule has 0 atom stereocenters. The third kappa shape index (κ3) is 2.58. The highest BCUT2D eigenvalue weighted by Gasteiger charge is 2.09. The fourth-order valence-corrected chi connectivity index (χ4v) is 2.36. The molecule has 4 nitrogen and oxygen atoms in total. The third-order valence-electron chi connectivity index (χ3n) is 3.12. The molecule has 0 radical (unpaired) electrons. The van der Waals surface area contributed by atoms with Crippen LogP contribution in [0.2, 0.25) is 0 Å². The second-order valence-electron chi connectivity index (χ2n) is 4.57. The molecule has 0 aliphatic rings. The first-order valence-corrected chi connectivity index (χ1v) is 6.91. The number of hydrogen-bond acceptors (Lipinski definition) is 2. The minimum atomic E-state index is -0.266. The van der Waals surface area contributed by atoms with Crippen molar-refractivity contribution in [3.8, 4) is 0 Å². The van der Waals surface area contributed by atoms with E-state index in [0.29, 0.717) is 23.0 Å². The second-order valence-corrected chi connectivity index (χ2v) is 5.48. The van der Waals surface area contributed by atoms with Gasteiger partial charge in [0.05, 0.1) is 11.0 Å². The molecular formula is C15H11BrN2O2. The number of ketones is 1. The van der Waals surface area contributed by atoms with Gasteiger partial charge in [0.25, 0.3) is 0 Å². The summed E-state index contributed by atoms with van der Waals surface area (Å²) in [6, 6.07) is 12.8. The van der Waals surface area contributed by atoms with E-state index in [2.05, 4.69) is 25.9 Å². The van der Waals surface area contributed by atoms with E-state index in [1.54, 1.807) is 18.2 Å². The smallest absolute Gasteiger partial charge is 0.306 e. The fraction of sp³-hybridized carbons (Fsp3) is 0.0667. The van der Waals surface area contributed by atoms with Gasteiger partial charge in [0.1, 0.15) is 0 Å². The average Bonchev–Trinajstić information content (AvgIpc) is 2.80. The number of carbonyl (C=O) groups excluding carboxylic acids is 1. The van der Waals surface area contributed by atoms with Crippen LogP contribution in [-0.2, 0) is 6.42 Å². The summed E-state index contributed by atoms with van der Waals surface area (Å²) in [7, 11) is 0. The Morgan fingerprint density at radius 1 is 1.00 bits per heavy atom. The largest absolute Gasteiger partial charge is 0.323 e. The first-order valence-electron chi connectivity index (χ1n) is 6.11. The van der Waals surface area contributed by atoms with E-state index >= 15 is 0 Å². The van der Waals surface area contributed by atoms with Crippen LogP contribution < -0.4 is 5.69 Å². The Hall–Kier alpha value is -2.14. The number of nitrogens with one attached hydrogen (secondary N) is 2. The number of aromatic amines is 2. The van der Waals surface area contributed by atoms with Gasteiger partial charge in [-0.3, -0.25) is 4.79 Å². The Morgan fingerprint density at radius 2 is 1.70 bits per heavy atom. The van der Waals surface area contributed by atoms with E-state index < -0.39 is 0 Å². The molecule has 0 spiro atoms. The molecule has 3 aromatic rings. The highest BCUT2D eigenvalue weighted by Crippen LogP contribution is 2.15. The number of rotatable bonds is 3. The van der Waals surface area contributed by atoms with Crippen LogP contribution in [0, 0.1) is 0 Å². The van der Waals surface area contributed by atoms with Crippen LogP contribution >= 0.6 is 15.9 Å². The zero-order valence-corrected chi connectivity index (χ0v) is 12.0. The number of imidazole rings is 1. The van der Waals surface area contributed by atoms with Crippen LogP contribution in [0.1, 0.15) is 15.9 Å². The van der Waals surface area contributed by atoms with Crippen LogP contribution in [0.3, 0.4) is 0 Å². The number of Topliss-reactive ketones (excluding diaryl/α,β-unsaturated/α-hetero) is 1. The highest BCUT2D eigenvalue weighted by atomic mass is 79.9. The lowest BCUT2D eigenvalue weighted by Gasteiger charge is -2.02. The zero-order valence-electron chi connectivity index (χ0n) is 10.4. The van der Waals surface area contributed by atoms with Gasteiger partial charge in [0.2, 0.25) is 0 Å². The van der Waals surface area contributed by atoms with E-state index in [-0.39, 0.29) is 11.5 Å². The van der Waals surface area contributed by atoms with E-state index in [1.807, 2.05) is 24.3 Å². The van der Waals surface area contributed by atoms with Crippen LogP contribution in [0.5, 0.6) is 0 Å². The number of carbonyl (C=O) groups is 1. The van der Waals surface area contributed by atoms with Crippen LogP contribution in [0.15, 0.2) is 51.7 Å². The molecule has 0 unspecified atom stereocenters. The van der Waals surface area contributed by atoms with Gasteiger partial charge in [-0.2, -0.15) is 0 Å². The van der Waals surface area contributed by atoms with Crippen molar-refractivity contribution in [2.75, 3.05) is 0 Å². The maximum atomic E-state index is 12.2. The van der Waals surface area contributed by atoms with Crippen molar-refractivity contribution < 1.29 is 4.79 Å². The zero-order chi connectivity index (χ0) is 14.1. The lowest BCUT2D eigenvalue weighted by atomic mass is 10.0. The van der Waals surface area contributed by atoms with Crippen molar-refractivity contribution in [1.82, 2.24) is 9.97 Å². The molecule has 1 heterocycles. The van der Waals surface area contributed by atoms with Crippen LogP contribution in [0.25, 0.3) is 11.0 Å². The Kier molecular flexibility index (Phi) is 3.28. The van der Waals surface area contributed by atoms with Gasteiger partial charge < -0.3 is 9.97 Å². The number of hydrogen-bond donors (Lipinski definition) is 2. The summed E-state index contributed by atoms with van der Waals surface area (Å²) in [6.45, 7) is 0. The topological polar surface area (TPSA) is 65.7 Å². The maximum Gasteiger partial charge on any atom is 0.323 e. The molecular weight excluding hydrogens is 320 g/mol. The van der Waals surface area contributed by atoms with E-state index in [4.69, 9.17) is 0 Å². The van der Waals surface area contributed by atoms with Crippen molar-refractivity contribution in [2.45, 2.75) is 6.42 Å². The number of aromatic nitrogens is 2. The molecule has 2 N–H and O–H groups in total. The molecule has 0 saturated carbocycles. The van der Waals surface area contributed by atoms with Gasteiger partial charge in [0, 0.05) is 16.5 Å². The minimum absolute atomic E-state index is 0.0243. The molecule has 0 aliphatic heterocycles. The van der Waals surface area contributed by atoms with Crippen molar-refractivity contribution in [3.05, 3.63) is 68.5 Å². The second kappa shape index (κ2) is 5.09. The summed E-state index contributed by atoms with van der Waals surface area (Å²) in [6.07, 6.45) is 0.341. The van der Waals surface area contributed by atoms with Gasteiger partial charge in [0.15, 0.2) is 5.78 Å². The molecule has 3 rings (SSSR count). The summed E-state index contributed by atoms with van der Waals surface area (Å²) in [5, 5.41) is 0. The van der Waals surface area contributed by atoms with E-state index in [9.17, 15) is 9.59 Å². The summed E-state index contributed by atoms with van der Waals surface area (Å²) >= 11 is 3.36. The monoisotopic (exact) mass is 330 g/mol. The van der Waals surface area contributed by atoms with E-state index in [1.165, 1.54) is 0 Å². The molecule has 1 aromatic heterocycles. The number of halogens is 1. The molecule has 0 bridgehead atoms. The summed E-state index contributed by atoms with van der Waals surface area (Å²) < 4.78 is 0.986. The quantitative estimate of drug-likeness (QED) is 0.725. The maximum absolute atomic E-state index is 12.2. The third-order valence-corrected chi connectivity index (χ3v) is 3.64. The normalized spacial score (nSPS) is 10.8. The summed E-state index contributed by atoms with van der Waals surface area (Å²) in [5.41, 5.74) is 2.64. The summed E-state index contributed by atoms with van der Waals surface area (Å²) in [5.74, 6) is 0.0243. The molecule has 0 aliphatic carbocycles. The minimum Gasteiger partial charge on any atom is -0.306 e. The van der Waals surface area contributed by atoms with Gasteiger partial charge >= 0.3 is 5.69 Å². The molecule has 20 heavy (non-hydrogen) atoms. The number of benzene rings is 2. The van der Waals surface area contributed by atoms with Crippen molar-refractivity contribution >= 4 is 32.7 Å². The standard InChI is InChI=1S/C15H11BrN2O2/c16-11-4-1-9(2-5-11)7-14(19)10-3-6-12-13(8-10)18-15(20)17-12/h1-6,8H,7H2,(H2,17,18,20). The predicted octanol–water partition coefficient (Wildman–Crippen LogP) is 3.04. The molecule has 5 heteroatoms. The summed E-state index contributed by atoms with van der Waals surface area (Å²) in [4.78, 5) is 28.7. The van der Waals surface area contributed by atoms with Gasteiger partial charge in [-0.05, 0) is 35.9 Å². The van der Waals surface area contributed by atoms with Crippen molar-refractivity contribution in [1.29, 1.82) is 0 Å². The SMILES string of the molecule is O=C(Cc1ccc(Br)cc1)c1ccc2[nH]c(=O)[nH]c2c1. The van der Waals surface area contributed by atoms with Crippen LogP contribution in [0.4, 0.5) is 0 Å². The predicted molar refractivity (Wildman–Crippen MR) is 81.1 cm³/mol. The Balaban J connectivity index is 1.88. The number of H-pyrrole nitrogens is 2. The lowest BCUT2D eigenvalue weighted by Crippen LogP contribution is -2.03. The lowest BCUT2D eigenvalue weighted by molar-refractivity contribution is 0.0993. The molecule has 0 saturated heterocycles. The Labute approximate surface area is 123 Å².